The lowest BCUT2D eigenvalue weighted by Gasteiger charge is -2.24. The SMILES string of the molecule is COC(=O)c1cn(C(=O)CN(c2ccccc2Oc2ccccc2)S(C)(=O)=O)c2ccccc12. The van der Waals surface area contributed by atoms with Crippen molar-refractivity contribution in [3.63, 3.8) is 0 Å². The Bertz CT molecular complexity index is 1460. The summed E-state index contributed by atoms with van der Waals surface area (Å²) in [6.07, 6.45) is 2.39. The van der Waals surface area contributed by atoms with Crippen LogP contribution in [0.15, 0.2) is 85.1 Å². The van der Waals surface area contributed by atoms with Crippen molar-refractivity contribution in [2.75, 3.05) is 24.2 Å². The van der Waals surface area contributed by atoms with E-state index in [2.05, 4.69) is 0 Å². The van der Waals surface area contributed by atoms with Gasteiger partial charge in [-0.05, 0) is 30.3 Å². The molecule has 0 radical (unpaired) electrons. The molecular formula is C25H22N2O6S. The van der Waals surface area contributed by atoms with E-state index in [1.807, 2.05) is 6.07 Å². The standard InChI is InChI=1S/C25H22N2O6S/c1-32-25(29)20-16-26(21-13-7-6-12-19(20)21)24(28)17-27(34(2,30)31)22-14-8-9-15-23(22)33-18-10-4-3-5-11-18/h3-16H,17H2,1-2H3. The Balaban J connectivity index is 1.74. The first-order valence-corrected chi connectivity index (χ1v) is 12.2. The quantitative estimate of drug-likeness (QED) is 0.367. The van der Waals surface area contributed by atoms with Gasteiger partial charge in [-0.1, -0.05) is 48.5 Å². The monoisotopic (exact) mass is 478 g/mol. The number of carbonyl (C=O) groups excluding carboxylic acids is 2. The predicted octanol–water partition coefficient (Wildman–Crippen LogP) is 4.33. The first-order chi connectivity index (χ1) is 16.3. The molecule has 4 rings (SSSR count). The number of aromatic nitrogens is 1. The zero-order valence-electron chi connectivity index (χ0n) is 18.5. The fraction of sp³-hybridized carbons (Fsp3) is 0.120. The van der Waals surface area contributed by atoms with Crippen LogP contribution in [0.3, 0.4) is 0 Å². The summed E-state index contributed by atoms with van der Waals surface area (Å²) < 4.78 is 38.5. The van der Waals surface area contributed by atoms with Crippen LogP contribution in [0.5, 0.6) is 11.5 Å². The maximum Gasteiger partial charge on any atom is 0.340 e. The van der Waals surface area contributed by atoms with Crippen molar-refractivity contribution >= 4 is 38.5 Å². The molecule has 0 aliphatic carbocycles. The molecule has 0 bridgehead atoms. The normalized spacial score (nSPS) is 11.2. The van der Waals surface area contributed by atoms with Gasteiger partial charge in [0.2, 0.25) is 10.0 Å². The zero-order valence-corrected chi connectivity index (χ0v) is 19.4. The number of methoxy groups -OCH3 is 1. The second kappa shape index (κ2) is 9.40. The Labute approximate surface area is 197 Å². The molecule has 3 aromatic carbocycles. The van der Waals surface area contributed by atoms with E-state index in [1.54, 1.807) is 72.8 Å². The fourth-order valence-corrected chi connectivity index (χ4v) is 4.46. The van der Waals surface area contributed by atoms with Crippen LogP contribution in [0.4, 0.5) is 5.69 Å². The average molecular weight is 479 g/mol. The maximum absolute atomic E-state index is 13.3. The molecule has 0 spiro atoms. The highest BCUT2D eigenvalue weighted by atomic mass is 32.2. The minimum Gasteiger partial charge on any atom is -0.465 e. The number of nitrogens with zero attached hydrogens (tertiary/aromatic N) is 2. The number of ether oxygens (including phenoxy) is 2. The number of fused-ring (bicyclic) bond motifs is 1. The molecule has 4 aromatic rings. The van der Waals surface area contributed by atoms with Gasteiger partial charge in [-0.2, -0.15) is 0 Å². The minimum atomic E-state index is -3.88. The molecule has 0 N–H and O–H groups in total. The van der Waals surface area contributed by atoms with Crippen LogP contribution in [0, 0.1) is 0 Å². The van der Waals surface area contributed by atoms with Crippen LogP contribution in [0.25, 0.3) is 10.9 Å². The molecule has 0 unspecified atom stereocenters. The van der Waals surface area contributed by atoms with Crippen LogP contribution in [-0.4, -0.2) is 44.8 Å². The van der Waals surface area contributed by atoms with Gasteiger partial charge in [0.05, 0.1) is 30.1 Å². The Morgan fingerprint density at radius 1 is 0.912 bits per heavy atom. The van der Waals surface area contributed by atoms with E-state index in [1.165, 1.54) is 17.9 Å². The van der Waals surface area contributed by atoms with Gasteiger partial charge in [-0.25, -0.2) is 13.2 Å². The topological polar surface area (TPSA) is 94.9 Å². The van der Waals surface area contributed by atoms with Gasteiger partial charge in [0.15, 0.2) is 5.75 Å². The molecule has 0 saturated carbocycles. The summed E-state index contributed by atoms with van der Waals surface area (Å²) >= 11 is 0. The molecule has 1 aromatic heterocycles. The smallest absolute Gasteiger partial charge is 0.340 e. The van der Waals surface area contributed by atoms with Gasteiger partial charge in [0.1, 0.15) is 12.3 Å². The number of para-hydroxylation sites is 4. The third-order valence-corrected chi connectivity index (χ3v) is 6.30. The van der Waals surface area contributed by atoms with E-state index in [0.717, 1.165) is 10.6 Å². The number of hydrogen-bond donors (Lipinski definition) is 0. The van der Waals surface area contributed by atoms with E-state index in [-0.39, 0.29) is 17.0 Å². The minimum absolute atomic E-state index is 0.213. The molecule has 8 nitrogen and oxygen atoms in total. The molecule has 9 heteroatoms. The van der Waals surface area contributed by atoms with Crippen LogP contribution in [0.1, 0.15) is 15.2 Å². The number of hydrogen-bond acceptors (Lipinski definition) is 6. The summed E-state index contributed by atoms with van der Waals surface area (Å²) in [6.45, 7) is -0.507. The summed E-state index contributed by atoms with van der Waals surface area (Å²) in [7, 11) is -2.62. The highest BCUT2D eigenvalue weighted by molar-refractivity contribution is 7.92. The fourth-order valence-electron chi connectivity index (χ4n) is 3.60. The second-order valence-electron chi connectivity index (χ2n) is 7.47. The van der Waals surface area contributed by atoms with Crippen molar-refractivity contribution in [3.05, 3.63) is 90.6 Å². The number of esters is 1. The molecule has 0 fully saturated rings. The molecule has 0 atom stereocenters. The van der Waals surface area contributed by atoms with Crippen LogP contribution >= 0.6 is 0 Å². The molecule has 0 aliphatic heterocycles. The molecule has 0 aliphatic rings. The molecule has 34 heavy (non-hydrogen) atoms. The lowest BCUT2D eigenvalue weighted by atomic mass is 10.2. The highest BCUT2D eigenvalue weighted by Gasteiger charge is 2.26. The molecule has 1 heterocycles. The second-order valence-corrected chi connectivity index (χ2v) is 9.37. The van der Waals surface area contributed by atoms with Crippen molar-refractivity contribution in [2.45, 2.75) is 0 Å². The van der Waals surface area contributed by atoms with E-state index >= 15 is 0 Å². The van der Waals surface area contributed by atoms with Gasteiger partial charge in [0.25, 0.3) is 5.91 Å². The maximum atomic E-state index is 13.3. The molecular weight excluding hydrogens is 456 g/mol. The van der Waals surface area contributed by atoms with Gasteiger partial charge in [-0.15, -0.1) is 0 Å². The van der Waals surface area contributed by atoms with Crippen molar-refractivity contribution in [1.82, 2.24) is 4.57 Å². The molecule has 0 amide bonds. The summed E-state index contributed by atoms with van der Waals surface area (Å²) in [5.74, 6) is -0.344. The lowest BCUT2D eigenvalue weighted by Crippen LogP contribution is -2.37. The molecule has 174 valence electrons. The number of anilines is 1. The predicted molar refractivity (Wildman–Crippen MR) is 129 cm³/mol. The number of benzene rings is 3. The van der Waals surface area contributed by atoms with Gasteiger partial charge in [0, 0.05) is 11.6 Å². The molecule has 0 saturated heterocycles. The Kier molecular flexibility index (Phi) is 6.38. The first-order valence-electron chi connectivity index (χ1n) is 10.3. The summed E-state index contributed by atoms with van der Waals surface area (Å²) in [5, 5.41) is 0.529. The van der Waals surface area contributed by atoms with E-state index in [9.17, 15) is 18.0 Å². The van der Waals surface area contributed by atoms with E-state index in [4.69, 9.17) is 9.47 Å². The van der Waals surface area contributed by atoms with Gasteiger partial charge >= 0.3 is 5.97 Å². The average Bonchev–Trinajstić information content (AvgIpc) is 3.22. The number of sulfonamides is 1. The van der Waals surface area contributed by atoms with E-state index in [0.29, 0.717) is 16.7 Å². The largest absolute Gasteiger partial charge is 0.465 e. The number of carbonyl (C=O) groups is 2. The Morgan fingerprint density at radius 2 is 1.56 bits per heavy atom. The lowest BCUT2D eigenvalue weighted by molar-refractivity contribution is 0.0603. The third kappa shape index (κ3) is 4.65. The highest BCUT2D eigenvalue weighted by Crippen LogP contribution is 2.33. The van der Waals surface area contributed by atoms with Gasteiger partial charge < -0.3 is 9.47 Å². The Morgan fingerprint density at radius 3 is 2.26 bits per heavy atom. The van der Waals surface area contributed by atoms with Crippen molar-refractivity contribution in [3.8, 4) is 11.5 Å². The van der Waals surface area contributed by atoms with Crippen molar-refractivity contribution < 1.29 is 27.5 Å². The van der Waals surface area contributed by atoms with Gasteiger partial charge in [-0.3, -0.25) is 13.7 Å². The zero-order chi connectivity index (χ0) is 24.3. The third-order valence-electron chi connectivity index (χ3n) is 5.17. The van der Waals surface area contributed by atoms with Crippen molar-refractivity contribution in [2.24, 2.45) is 0 Å². The van der Waals surface area contributed by atoms with E-state index < -0.39 is 28.4 Å². The summed E-state index contributed by atoms with van der Waals surface area (Å²) in [6, 6.07) is 22.3. The van der Waals surface area contributed by atoms with Crippen LogP contribution in [0.2, 0.25) is 0 Å². The van der Waals surface area contributed by atoms with Crippen molar-refractivity contribution in [1.29, 1.82) is 0 Å². The van der Waals surface area contributed by atoms with Crippen LogP contribution < -0.4 is 9.04 Å². The number of rotatable bonds is 7. The van der Waals surface area contributed by atoms with Crippen LogP contribution in [-0.2, 0) is 14.8 Å². The Hall–Kier alpha value is -4.11. The first kappa shape index (κ1) is 23.1. The summed E-state index contributed by atoms with van der Waals surface area (Å²) in [4.78, 5) is 25.6. The summed E-state index contributed by atoms with van der Waals surface area (Å²) in [5.41, 5.74) is 0.896.